The van der Waals surface area contributed by atoms with Crippen molar-refractivity contribution < 1.29 is 8.83 Å². The molecule has 0 aliphatic rings. The van der Waals surface area contributed by atoms with Crippen LogP contribution in [0.3, 0.4) is 0 Å². The number of oxazole rings is 1. The lowest BCUT2D eigenvalue weighted by Crippen LogP contribution is -2.09. The summed E-state index contributed by atoms with van der Waals surface area (Å²) in [5.74, 6) is 0.576. The average Bonchev–Trinajstić information content (AvgIpc) is 3.75. The predicted molar refractivity (Wildman–Crippen MR) is 192 cm³/mol. The Morgan fingerprint density at radius 3 is 1.64 bits per heavy atom. The molecule has 47 heavy (non-hydrogen) atoms. The van der Waals surface area contributed by atoms with Gasteiger partial charge in [-0.25, -0.2) is 4.98 Å². The summed E-state index contributed by atoms with van der Waals surface area (Å²) >= 11 is 0. The summed E-state index contributed by atoms with van der Waals surface area (Å²) in [7, 11) is 0. The highest BCUT2D eigenvalue weighted by Crippen LogP contribution is 2.41. The molecule has 4 nitrogen and oxygen atoms in total. The molecule has 7 aromatic carbocycles. The monoisotopic (exact) mass is 604 g/mol. The van der Waals surface area contributed by atoms with Crippen LogP contribution in [0.25, 0.3) is 66.7 Å². The first-order valence-corrected chi connectivity index (χ1v) is 15.7. The van der Waals surface area contributed by atoms with Crippen molar-refractivity contribution in [2.45, 2.75) is 0 Å². The van der Waals surface area contributed by atoms with E-state index in [1.165, 1.54) is 0 Å². The van der Waals surface area contributed by atoms with E-state index < -0.39 is 0 Å². The van der Waals surface area contributed by atoms with Gasteiger partial charge in [-0.2, -0.15) is 0 Å². The molecule has 0 atom stereocenters. The number of para-hydroxylation sites is 5. The van der Waals surface area contributed by atoms with Crippen LogP contribution >= 0.6 is 0 Å². The molecule has 9 rings (SSSR count). The van der Waals surface area contributed by atoms with Gasteiger partial charge in [-0.05, 0) is 89.0 Å². The van der Waals surface area contributed by atoms with Gasteiger partial charge in [-0.1, -0.05) is 103 Å². The van der Waals surface area contributed by atoms with Crippen LogP contribution in [0.4, 0.5) is 17.1 Å². The van der Waals surface area contributed by atoms with E-state index in [4.69, 9.17) is 13.8 Å². The molecule has 0 aliphatic carbocycles. The van der Waals surface area contributed by atoms with E-state index in [2.05, 4.69) is 120 Å². The number of anilines is 3. The van der Waals surface area contributed by atoms with Gasteiger partial charge in [-0.15, -0.1) is 0 Å². The van der Waals surface area contributed by atoms with Crippen LogP contribution in [0.2, 0.25) is 0 Å². The third-order valence-electron chi connectivity index (χ3n) is 8.70. The number of hydrogen-bond donors (Lipinski definition) is 0. The van der Waals surface area contributed by atoms with E-state index in [0.29, 0.717) is 5.89 Å². The number of fused-ring (bicyclic) bond motifs is 4. The summed E-state index contributed by atoms with van der Waals surface area (Å²) in [6.45, 7) is 0. The summed E-state index contributed by atoms with van der Waals surface area (Å²) in [6.07, 6.45) is 0. The van der Waals surface area contributed by atoms with Crippen molar-refractivity contribution in [3.63, 3.8) is 0 Å². The number of aromatic nitrogens is 1. The molecule has 0 N–H and O–H groups in total. The molecule has 0 spiro atoms. The number of nitrogens with zero attached hydrogens (tertiary/aromatic N) is 2. The molecule has 0 saturated heterocycles. The zero-order chi connectivity index (χ0) is 31.2. The van der Waals surface area contributed by atoms with Gasteiger partial charge in [0.05, 0.1) is 0 Å². The van der Waals surface area contributed by atoms with Crippen molar-refractivity contribution in [3.8, 4) is 33.7 Å². The van der Waals surface area contributed by atoms with E-state index >= 15 is 0 Å². The maximum Gasteiger partial charge on any atom is 0.227 e. The average molecular weight is 605 g/mol. The molecule has 0 saturated carbocycles. The SMILES string of the molecule is c1ccc(N(c2ccccc2)c2ccc(-c3ccc(-c4cc(-c5nc6ccccc6o5)cc5oc6ccccc6c45)cc3)cc2)cc1. The van der Waals surface area contributed by atoms with Crippen LogP contribution in [0, 0.1) is 0 Å². The molecule has 222 valence electrons. The first-order chi connectivity index (χ1) is 23.3. The molecule has 0 fully saturated rings. The fourth-order valence-corrected chi connectivity index (χ4v) is 6.45. The van der Waals surface area contributed by atoms with Crippen molar-refractivity contribution in [1.29, 1.82) is 0 Å². The van der Waals surface area contributed by atoms with Crippen molar-refractivity contribution in [2.75, 3.05) is 4.90 Å². The van der Waals surface area contributed by atoms with Gasteiger partial charge in [0.2, 0.25) is 5.89 Å². The van der Waals surface area contributed by atoms with Gasteiger partial charge in [0.1, 0.15) is 16.7 Å². The fourth-order valence-electron chi connectivity index (χ4n) is 6.45. The molecule has 9 aromatic rings. The van der Waals surface area contributed by atoms with Crippen molar-refractivity contribution >= 4 is 50.1 Å². The van der Waals surface area contributed by atoms with E-state index in [-0.39, 0.29) is 0 Å². The second kappa shape index (κ2) is 11.2. The minimum absolute atomic E-state index is 0.576. The second-order valence-corrected chi connectivity index (χ2v) is 11.6. The third kappa shape index (κ3) is 4.84. The highest BCUT2D eigenvalue weighted by Gasteiger charge is 2.18. The molecule has 0 radical (unpaired) electrons. The Morgan fingerprint density at radius 1 is 0.404 bits per heavy atom. The highest BCUT2D eigenvalue weighted by atomic mass is 16.3. The normalized spacial score (nSPS) is 11.4. The Hall–Kier alpha value is -6.39. The van der Waals surface area contributed by atoms with Crippen molar-refractivity contribution in [1.82, 2.24) is 4.98 Å². The van der Waals surface area contributed by atoms with E-state index in [1.54, 1.807) is 0 Å². The van der Waals surface area contributed by atoms with E-state index in [1.807, 2.05) is 54.6 Å². The number of benzene rings is 7. The third-order valence-corrected chi connectivity index (χ3v) is 8.70. The van der Waals surface area contributed by atoms with Crippen LogP contribution in [0.1, 0.15) is 0 Å². The second-order valence-electron chi connectivity index (χ2n) is 11.6. The fraction of sp³-hybridized carbons (Fsp3) is 0. The predicted octanol–water partition coefficient (Wildman–Crippen LogP) is 12.2. The van der Waals surface area contributed by atoms with Gasteiger partial charge < -0.3 is 13.7 Å². The van der Waals surface area contributed by atoms with Crippen LogP contribution in [0.5, 0.6) is 0 Å². The van der Waals surface area contributed by atoms with Crippen LogP contribution < -0.4 is 4.90 Å². The number of hydrogen-bond acceptors (Lipinski definition) is 4. The molecule has 2 aromatic heterocycles. The van der Waals surface area contributed by atoms with E-state index in [9.17, 15) is 0 Å². The molecule has 0 aliphatic heterocycles. The number of furan rings is 1. The van der Waals surface area contributed by atoms with Gasteiger partial charge >= 0.3 is 0 Å². The summed E-state index contributed by atoms with van der Waals surface area (Å²) in [5, 5.41) is 2.17. The van der Waals surface area contributed by atoms with Gasteiger partial charge in [0, 0.05) is 33.4 Å². The lowest BCUT2D eigenvalue weighted by Gasteiger charge is -2.25. The zero-order valence-electron chi connectivity index (χ0n) is 25.4. The molecule has 4 heteroatoms. The lowest BCUT2D eigenvalue weighted by molar-refractivity contribution is 0.619. The standard InChI is InChI=1S/C43H28N2O2/c1-3-11-33(12-4-1)45(34-13-5-2-6-14-34)35-25-23-30(24-26-35)29-19-21-31(22-20-29)37-27-32(43-44-38-16-8-10-18-40(38)47-43)28-41-42(37)36-15-7-9-17-39(36)46-41/h1-28H. The molecule has 0 unspecified atom stereocenters. The largest absolute Gasteiger partial charge is 0.456 e. The van der Waals surface area contributed by atoms with Crippen LogP contribution in [-0.2, 0) is 0 Å². The first kappa shape index (κ1) is 27.0. The number of rotatable bonds is 6. The molecule has 0 bridgehead atoms. The minimum Gasteiger partial charge on any atom is -0.456 e. The Bertz CT molecular complexity index is 2420. The minimum atomic E-state index is 0.576. The maximum absolute atomic E-state index is 6.36. The van der Waals surface area contributed by atoms with Gasteiger partial charge in [0.15, 0.2) is 5.58 Å². The van der Waals surface area contributed by atoms with Crippen molar-refractivity contribution in [2.24, 2.45) is 0 Å². The Labute approximate surface area is 271 Å². The Morgan fingerprint density at radius 2 is 0.957 bits per heavy atom. The molecular formula is C43H28N2O2. The van der Waals surface area contributed by atoms with Crippen LogP contribution in [-0.4, -0.2) is 4.98 Å². The highest BCUT2D eigenvalue weighted by molar-refractivity contribution is 6.13. The van der Waals surface area contributed by atoms with Gasteiger partial charge in [0.25, 0.3) is 0 Å². The van der Waals surface area contributed by atoms with E-state index in [0.717, 1.165) is 77.9 Å². The maximum atomic E-state index is 6.36. The summed E-state index contributed by atoms with van der Waals surface area (Å²) in [5.41, 5.74) is 12.0. The van der Waals surface area contributed by atoms with Crippen molar-refractivity contribution in [3.05, 3.63) is 170 Å². The Kier molecular flexibility index (Phi) is 6.43. The lowest BCUT2D eigenvalue weighted by atomic mass is 9.95. The topological polar surface area (TPSA) is 42.4 Å². The summed E-state index contributed by atoms with van der Waals surface area (Å²) < 4.78 is 12.5. The first-order valence-electron chi connectivity index (χ1n) is 15.7. The summed E-state index contributed by atoms with van der Waals surface area (Å²) in [4.78, 5) is 7.05. The quantitative estimate of drug-likeness (QED) is 0.189. The Balaban J connectivity index is 1.10. The summed E-state index contributed by atoms with van der Waals surface area (Å²) in [6, 6.07) is 58.7. The molecule has 2 heterocycles. The smallest absolute Gasteiger partial charge is 0.227 e. The zero-order valence-corrected chi connectivity index (χ0v) is 25.4. The molecular weight excluding hydrogens is 576 g/mol. The van der Waals surface area contributed by atoms with Crippen LogP contribution in [0.15, 0.2) is 179 Å². The van der Waals surface area contributed by atoms with Gasteiger partial charge in [-0.3, -0.25) is 0 Å². The molecule has 0 amide bonds.